The summed E-state index contributed by atoms with van der Waals surface area (Å²) in [7, 11) is 0. The maximum atomic E-state index is 12.3. The van der Waals surface area contributed by atoms with E-state index in [-0.39, 0.29) is 5.75 Å². The van der Waals surface area contributed by atoms with Crippen LogP contribution in [0.1, 0.15) is 6.42 Å². The number of anilines is 1. The third-order valence-electron chi connectivity index (χ3n) is 2.06. The van der Waals surface area contributed by atoms with Crippen molar-refractivity contribution in [2.75, 3.05) is 23.9 Å². The van der Waals surface area contributed by atoms with E-state index in [0.29, 0.717) is 21.7 Å². The summed E-state index contributed by atoms with van der Waals surface area (Å²) in [4.78, 5) is 0. The Hall–Kier alpha value is -0.200. The van der Waals surface area contributed by atoms with Crippen molar-refractivity contribution in [2.45, 2.75) is 13.0 Å². The van der Waals surface area contributed by atoms with E-state index in [4.69, 9.17) is 11.6 Å². The number of ether oxygens (including phenoxy) is 1. The van der Waals surface area contributed by atoms with Gasteiger partial charge in [-0.3, -0.25) is 0 Å². The van der Waals surface area contributed by atoms with Crippen LogP contribution < -0.4 is 10.1 Å². The zero-order chi connectivity index (χ0) is 13.5. The Morgan fingerprint density at radius 3 is 2.83 bits per heavy atom. The van der Waals surface area contributed by atoms with E-state index in [2.05, 4.69) is 26.0 Å². The van der Waals surface area contributed by atoms with Gasteiger partial charge in [0.25, 0.3) is 0 Å². The van der Waals surface area contributed by atoms with E-state index in [9.17, 15) is 8.78 Å². The quantitative estimate of drug-likeness (QED) is 0.701. The van der Waals surface area contributed by atoms with Crippen molar-refractivity contribution in [3.63, 3.8) is 0 Å². The smallest absolute Gasteiger partial charge is 0.387 e. The standard InChI is InChI=1S/C11H13BrClF2NOS/c1-18-4-2-3-16-9-6-7(13)5-8(12)10(9)17-11(14)15/h5-6,11,16H,2-4H2,1H3. The molecule has 0 heterocycles. The lowest BCUT2D eigenvalue weighted by atomic mass is 10.3. The molecule has 1 aromatic carbocycles. The summed E-state index contributed by atoms with van der Waals surface area (Å²) in [5, 5.41) is 3.50. The van der Waals surface area contributed by atoms with Gasteiger partial charge in [0.15, 0.2) is 5.75 Å². The van der Waals surface area contributed by atoms with Crippen molar-refractivity contribution in [1.29, 1.82) is 0 Å². The normalized spacial score (nSPS) is 10.8. The maximum Gasteiger partial charge on any atom is 0.387 e. The number of hydrogen-bond acceptors (Lipinski definition) is 3. The number of halogens is 4. The summed E-state index contributed by atoms with van der Waals surface area (Å²) in [6.07, 6.45) is 2.95. The Balaban J connectivity index is 2.79. The van der Waals surface area contributed by atoms with Crippen LogP contribution in [-0.4, -0.2) is 25.2 Å². The first kappa shape index (κ1) is 15.9. The van der Waals surface area contributed by atoms with E-state index in [0.717, 1.165) is 12.2 Å². The lowest BCUT2D eigenvalue weighted by Gasteiger charge is -2.14. The summed E-state index contributed by atoms with van der Waals surface area (Å²) in [5.74, 6) is 1.08. The highest BCUT2D eigenvalue weighted by molar-refractivity contribution is 9.10. The van der Waals surface area contributed by atoms with Gasteiger partial charge in [0.05, 0.1) is 10.2 Å². The van der Waals surface area contributed by atoms with E-state index in [1.165, 1.54) is 6.07 Å². The lowest BCUT2D eigenvalue weighted by Crippen LogP contribution is -2.08. The molecule has 2 nitrogen and oxygen atoms in total. The fraction of sp³-hybridized carbons (Fsp3) is 0.455. The molecule has 0 fully saturated rings. The largest absolute Gasteiger partial charge is 0.431 e. The fourth-order valence-electron chi connectivity index (χ4n) is 1.34. The second-order valence-corrected chi connectivity index (χ2v) is 5.69. The Morgan fingerprint density at radius 2 is 2.22 bits per heavy atom. The molecule has 18 heavy (non-hydrogen) atoms. The second kappa shape index (κ2) is 8.07. The number of benzene rings is 1. The van der Waals surface area contributed by atoms with Crippen molar-refractivity contribution in [3.05, 3.63) is 21.6 Å². The molecule has 0 spiro atoms. The third-order valence-corrected chi connectivity index (χ3v) is 3.56. The van der Waals surface area contributed by atoms with Crippen LogP contribution in [-0.2, 0) is 0 Å². The maximum absolute atomic E-state index is 12.3. The zero-order valence-electron chi connectivity index (χ0n) is 9.68. The van der Waals surface area contributed by atoms with Gasteiger partial charge in [0.1, 0.15) is 0 Å². The van der Waals surface area contributed by atoms with Crippen LogP contribution in [0.3, 0.4) is 0 Å². The highest BCUT2D eigenvalue weighted by Gasteiger charge is 2.14. The van der Waals surface area contributed by atoms with Gasteiger partial charge < -0.3 is 10.1 Å². The molecule has 1 N–H and O–H groups in total. The Bertz CT molecular complexity index is 396. The highest BCUT2D eigenvalue weighted by atomic mass is 79.9. The molecule has 0 aliphatic heterocycles. The first-order valence-electron chi connectivity index (χ1n) is 5.21. The van der Waals surface area contributed by atoms with Gasteiger partial charge in [-0.15, -0.1) is 0 Å². The Morgan fingerprint density at radius 1 is 1.50 bits per heavy atom. The number of alkyl halides is 2. The van der Waals surface area contributed by atoms with Crippen LogP contribution in [0.25, 0.3) is 0 Å². The molecule has 0 aromatic heterocycles. The Labute approximate surface area is 123 Å². The monoisotopic (exact) mass is 359 g/mol. The topological polar surface area (TPSA) is 21.3 Å². The molecule has 0 aliphatic rings. The summed E-state index contributed by atoms with van der Waals surface area (Å²) in [6, 6.07) is 3.09. The second-order valence-electron chi connectivity index (χ2n) is 3.42. The molecule has 0 radical (unpaired) electrons. The van der Waals surface area contributed by atoms with E-state index < -0.39 is 6.61 Å². The number of hydrogen-bond donors (Lipinski definition) is 1. The minimum absolute atomic E-state index is 0.0820. The number of thioether (sulfide) groups is 1. The van der Waals surface area contributed by atoms with Crippen LogP contribution >= 0.6 is 39.3 Å². The van der Waals surface area contributed by atoms with Crippen molar-refractivity contribution >= 4 is 45.0 Å². The van der Waals surface area contributed by atoms with Gasteiger partial charge in [-0.1, -0.05) is 11.6 Å². The van der Waals surface area contributed by atoms with Crippen LogP contribution in [0.2, 0.25) is 5.02 Å². The molecule has 7 heteroatoms. The molecular weight excluding hydrogens is 348 g/mol. The lowest BCUT2D eigenvalue weighted by molar-refractivity contribution is -0.0498. The van der Waals surface area contributed by atoms with Crippen LogP contribution in [0, 0.1) is 0 Å². The van der Waals surface area contributed by atoms with Gasteiger partial charge in [0.2, 0.25) is 0 Å². The summed E-state index contributed by atoms with van der Waals surface area (Å²) < 4.78 is 29.5. The van der Waals surface area contributed by atoms with Gasteiger partial charge in [-0.05, 0) is 46.5 Å². The summed E-state index contributed by atoms with van der Waals surface area (Å²) in [6.45, 7) is -2.19. The zero-order valence-corrected chi connectivity index (χ0v) is 12.8. The first-order valence-corrected chi connectivity index (χ1v) is 7.77. The molecule has 0 bridgehead atoms. The third kappa shape index (κ3) is 5.20. The Kier molecular flexibility index (Phi) is 7.11. The molecule has 1 aromatic rings. The van der Waals surface area contributed by atoms with Gasteiger partial charge >= 0.3 is 6.61 Å². The summed E-state index contributed by atoms with van der Waals surface area (Å²) in [5.41, 5.74) is 0.468. The van der Waals surface area contributed by atoms with E-state index in [1.807, 2.05) is 6.26 Å². The van der Waals surface area contributed by atoms with E-state index >= 15 is 0 Å². The molecule has 1 rings (SSSR count). The van der Waals surface area contributed by atoms with Crippen molar-refractivity contribution in [2.24, 2.45) is 0 Å². The molecule has 0 saturated carbocycles. The molecule has 102 valence electrons. The van der Waals surface area contributed by atoms with Crippen LogP contribution in [0.15, 0.2) is 16.6 Å². The summed E-state index contributed by atoms with van der Waals surface area (Å²) >= 11 is 10.8. The predicted molar refractivity (Wildman–Crippen MR) is 77.3 cm³/mol. The fourth-order valence-corrected chi connectivity index (χ4v) is 2.68. The van der Waals surface area contributed by atoms with Gasteiger partial charge in [-0.2, -0.15) is 20.5 Å². The van der Waals surface area contributed by atoms with Crippen molar-refractivity contribution in [1.82, 2.24) is 0 Å². The molecule has 0 saturated heterocycles. The number of rotatable bonds is 7. The molecule has 0 aliphatic carbocycles. The van der Waals surface area contributed by atoms with Gasteiger partial charge in [-0.25, -0.2) is 0 Å². The molecule has 0 atom stereocenters. The SMILES string of the molecule is CSCCCNc1cc(Cl)cc(Br)c1OC(F)F. The highest BCUT2D eigenvalue weighted by Crippen LogP contribution is 2.37. The van der Waals surface area contributed by atoms with Crippen LogP contribution in [0.4, 0.5) is 14.5 Å². The first-order chi connectivity index (χ1) is 8.54. The minimum atomic E-state index is -2.87. The van der Waals surface area contributed by atoms with Crippen molar-refractivity contribution in [3.8, 4) is 5.75 Å². The number of nitrogens with one attached hydrogen (secondary N) is 1. The average molecular weight is 361 g/mol. The molecular formula is C11H13BrClF2NOS. The van der Waals surface area contributed by atoms with Crippen molar-refractivity contribution < 1.29 is 13.5 Å². The van der Waals surface area contributed by atoms with E-state index in [1.54, 1.807) is 17.8 Å². The average Bonchev–Trinajstić information content (AvgIpc) is 2.28. The van der Waals surface area contributed by atoms with Crippen LogP contribution in [0.5, 0.6) is 5.75 Å². The molecule has 0 unspecified atom stereocenters. The minimum Gasteiger partial charge on any atom is -0.431 e. The predicted octanol–water partition coefficient (Wildman–Crippen LogP) is 4.87. The molecule has 0 amide bonds. The van der Waals surface area contributed by atoms with Gasteiger partial charge in [0, 0.05) is 11.6 Å².